The number of rotatable bonds is 5. The van der Waals surface area contributed by atoms with Gasteiger partial charge in [0.15, 0.2) is 0 Å². The number of carbonyl (C=O) groups is 3. The fourth-order valence-electron chi connectivity index (χ4n) is 3.05. The second-order valence-electron chi connectivity index (χ2n) is 7.85. The number of hydrogen-bond acceptors (Lipinski definition) is 5. The first-order valence-electron chi connectivity index (χ1n) is 9.32. The molecule has 1 aliphatic carbocycles. The standard InChI is InChI=1S/C21H28N2O5/c1-20(2,3)28-19(26)23-21(13-5-6-14-21)18(25)22-16-10-7-15(8-11-16)9-12-17(24)27-4/h7-12H,5-6,13-14H2,1-4H3,(H,22,25)(H,23,26). The molecule has 1 fully saturated rings. The van der Waals surface area contributed by atoms with Crippen molar-refractivity contribution < 1.29 is 23.9 Å². The van der Waals surface area contributed by atoms with Crippen LogP contribution in [0.3, 0.4) is 0 Å². The van der Waals surface area contributed by atoms with Gasteiger partial charge in [0, 0.05) is 11.8 Å². The summed E-state index contributed by atoms with van der Waals surface area (Å²) in [7, 11) is 1.31. The van der Waals surface area contributed by atoms with Gasteiger partial charge < -0.3 is 20.1 Å². The number of amides is 2. The normalized spacial score (nSPS) is 15.9. The highest BCUT2D eigenvalue weighted by atomic mass is 16.6. The molecule has 152 valence electrons. The van der Waals surface area contributed by atoms with Crippen LogP contribution in [0, 0.1) is 0 Å². The van der Waals surface area contributed by atoms with E-state index < -0.39 is 23.2 Å². The minimum atomic E-state index is -0.966. The average molecular weight is 388 g/mol. The lowest BCUT2D eigenvalue weighted by Gasteiger charge is -2.30. The van der Waals surface area contributed by atoms with Crippen molar-refractivity contribution in [3.8, 4) is 0 Å². The first-order chi connectivity index (χ1) is 13.1. The van der Waals surface area contributed by atoms with Gasteiger partial charge in [0.25, 0.3) is 0 Å². The summed E-state index contributed by atoms with van der Waals surface area (Å²) in [5, 5.41) is 5.65. The summed E-state index contributed by atoms with van der Waals surface area (Å²) in [6.45, 7) is 5.35. The number of benzene rings is 1. The molecule has 2 rings (SSSR count). The van der Waals surface area contributed by atoms with Crippen LogP contribution >= 0.6 is 0 Å². The van der Waals surface area contributed by atoms with Gasteiger partial charge >= 0.3 is 12.1 Å². The van der Waals surface area contributed by atoms with Crippen molar-refractivity contribution in [2.45, 2.75) is 57.6 Å². The summed E-state index contributed by atoms with van der Waals surface area (Å²) in [6, 6.07) is 7.03. The van der Waals surface area contributed by atoms with Crippen LogP contribution < -0.4 is 10.6 Å². The van der Waals surface area contributed by atoms with E-state index in [1.165, 1.54) is 13.2 Å². The zero-order valence-corrected chi connectivity index (χ0v) is 16.8. The Balaban J connectivity index is 2.05. The van der Waals surface area contributed by atoms with Crippen molar-refractivity contribution in [3.05, 3.63) is 35.9 Å². The fraction of sp³-hybridized carbons (Fsp3) is 0.476. The largest absolute Gasteiger partial charge is 0.466 e. The van der Waals surface area contributed by atoms with E-state index in [2.05, 4.69) is 15.4 Å². The number of ether oxygens (including phenoxy) is 2. The summed E-state index contributed by atoms with van der Waals surface area (Å²) >= 11 is 0. The summed E-state index contributed by atoms with van der Waals surface area (Å²) in [6.07, 6.45) is 5.22. The molecule has 0 atom stereocenters. The molecule has 1 aromatic carbocycles. The van der Waals surface area contributed by atoms with Crippen LogP contribution in [0.15, 0.2) is 30.3 Å². The van der Waals surface area contributed by atoms with Crippen molar-refractivity contribution in [2.24, 2.45) is 0 Å². The minimum Gasteiger partial charge on any atom is -0.466 e. The predicted molar refractivity (Wildman–Crippen MR) is 107 cm³/mol. The molecule has 1 saturated carbocycles. The highest BCUT2D eigenvalue weighted by Gasteiger charge is 2.43. The lowest BCUT2D eigenvalue weighted by atomic mass is 9.96. The van der Waals surface area contributed by atoms with E-state index in [9.17, 15) is 14.4 Å². The summed E-state index contributed by atoms with van der Waals surface area (Å²) < 4.78 is 9.87. The van der Waals surface area contributed by atoms with Crippen LogP contribution in [0.5, 0.6) is 0 Å². The Morgan fingerprint density at radius 1 is 1.07 bits per heavy atom. The van der Waals surface area contributed by atoms with Crippen LogP contribution in [-0.4, -0.2) is 36.2 Å². The third kappa shape index (κ3) is 6.11. The molecular formula is C21H28N2O5. The van der Waals surface area contributed by atoms with Crippen LogP contribution in [0.1, 0.15) is 52.0 Å². The Morgan fingerprint density at radius 3 is 2.21 bits per heavy atom. The van der Waals surface area contributed by atoms with Gasteiger partial charge in [0.05, 0.1) is 7.11 Å². The lowest BCUT2D eigenvalue weighted by molar-refractivity contribution is -0.134. The highest BCUT2D eigenvalue weighted by Crippen LogP contribution is 2.31. The minimum absolute atomic E-state index is 0.256. The Morgan fingerprint density at radius 2 is 1.68 bits per heavy atom. The van der Waals surface area contributed by atoms with Crippen molar-refractivity contribution in [1.82, 2.24) is 5.32 Å². The maximum Gasteiger partial charge on any atom is 0.408 e. The first kappa shape index (κ1) is 21.5. The number of carbonyl (C=O) groups excluding carboxylic acids is 3. The van der Waals surface area contributed by atoms with Crippen LogP contribution in [0.4, 0.5) is 10.5 Å². The van der Waals surface area contributed by atoms with E-state index in [4.69, 9.17) is 4.74 Å². The van der Waals surface area contributed by atoms with Gasteiger partial charge in [-0.1, -0.05) is 25.0 Å². The number of alkyl carbamates (subject to hydrolysis) is 1. The Bertz CT molecular complexity index is 741. The molecule has 0 spiro atoms. The number of anilines is 1. The zero-order chi connectivity index (χ0) is 20.8. The highest BCUT2D eigenvalue weighted by molar-refractivity contribution is 6.00. The average Bonchev–Trinajstić information content (AvgIpc) is 3.08. The van der Waals surface area contributed by atoms with E-state index in [1.807, 2.05) is 0 Å². The Labute approximate surface area is 165 Å². The topological polar surface area (TPSA) is 93.7 Å². The summed E-state index contributed by atoms with van der Waals surface area (Å²) in [4.78, 5) is 36.3. The Hall–Kier alpha value is -2.83. The van der Waals surface area contributed by atoms with Gasteiger partial charge in [-0.15, -0.1) is 0 Å². The smallest absolute Gasteiger partial charge is 0.408 e. The zero-order valence-electron chi connectivity index (χ0n) is 16.8. The number of methoxy groups -OCH3 is 1. The molecule has 1 aromatic rings. The van der Waals surface area contributed by atoms with Crippen molar-refractivity contribution in [2.75, 3.05) is 12.4 Å². The second kappa shape index (κ2) is 8.91. The molecular weight excluding hydrogens is 360 g/mol. The quantitative estimate of drug-likeness (QED) is 0.593. The molecule has 2 amide bonds. The fourth-order valence-corrected chi connectivity index (χ4v) is 3.05. The maximum absolute atomic E-state index is 12.9. The molecule has 0 saturated heterocycles. The van der Waals surface area contributed by atoms with Gasteiger partial charge in [-0.3, -0.25) is 4.79 Å². The monoisotopic (exact) mass is 388 g/mol. The van der Waals surface area contributed by atoms with E-state index in [0.717, 1.165) is 18.4 Å². The SMILES string of the molecule is COC(=O)C=Cc1ccc(NC(=O)C2(NC(=O)OC(C)(C)C)CCCC2)cc1. The molecule has 2 N–H and O–H groups in total. The van der Waals surface area contributed by atoms with Gasteiger partial charge in [-0.05, 0) is 57.4 Å². The Kier molecular flexibility index (Phi) is 6.83. The van der Waals surface area contributed by atoms with Gasteiger partial charge in [0.2, 0.25) is 5.91 Å². The molecule has 0 aliphatic heterocycles. The van der Waals surface area contributed by atoms with Crippen molar-refractivity contribution in [3.63, 3.8) is 0 Å². The molecule has 0 bridgehead atoms. The number of hydrogen-bond donors (Lipinski definition) is 2. The first-order valence-corrected chi connectivity index (χ1v) is 9.32. The van der Waals surface area contributed by atoms with Crippen LogP contribution in [-0.2, 0) is 19.1 Å². The molecule has 0 unspecified atom stereocenters. The van der Waals surface area contributed by atoms with Gasteiger partial charge in [0.1, 0.15) is 11.1 Å². The van der Waals surface area contributed by atoms with Gasteiger partial charge in [-0.25, -0.2) is 9.59 Å². The van der Waals surface area contributed by atoms with Crippen molar-refractivity contribution in [1.29, 1.82) is 0 Å². The van der Waals surface area contributed by atoms with E-state index in [1.54, 1.807) is 51.1 Å². The molecule has 0 radical (unpaired) electrons. The molecule has 7 heteroatoms. The number of nitrogens with one attached hydrogen (secondary N) is 2. The molecule has 7 nitrogen and oxygen atoms in total. The van der Waals surface area contributed by atoms with Crippen LogP contribution in [0.2, 0.25) is 0 Å². The third-order valence-corrected chi connectivity index (χ3v) is 4.41. The molecule has 28 heavy (non-hydrogen) atoms. The lowest BCUT2D eigenvalue weighted by Crippen LogP contribution is -2.55. The van der Waals surface area contributed by atoms with Crippen molar-refractivity contribution >= 4 is 29.7 Å². The molecule has 0 heterocycles. The number of esters is 1. The van der Waals surface area contributed by atoms with E-state index in [0.29, 0.717) is 18.5 Å². The molecule has 0 aromatic heterocycles. The van der Waals surface area contributed by atoms with E-state index in [-0.39, 0.29) is 5.91 Å². The predicted octanol–water partition coefficient (Wildman–Crippen LogP) is 3.65. The second-order valence-corrected chi connectivity index (χ2v) is 7.85. The maximum atomic E-state index is 12.9. The van der Waals surface area contributed by atoms with Crippen LogP contribution in [0.25, 0.3) is 6.08 Å². The van der Waals surface area contributed by atoms with Gasteiger partial charge in [-0.2, -0.15) is 0 Å². The summed E-state index contributed by atoms with van der Waals surface area (Å²) in [5.41, 5.74) is -0.192. The molecule has 1 aliphatic rings. The third-order valence-electron chi connectivity index (χ3n) is 4.41. The van der Waals surface area contributed by atoms with E-state index >= 15 is 0 Å². The summed E-state index contributed by atoms with van der Waals surface area (Å²) in [5.74, 6) is -0.692.